The van der Waals surface area contributed by atoms with Gasteiger partial charge in [-0.2, -0.15) is 0 Å². The molecular formula is C12H18FN. The van der Waals surface area contributed by atoms with Crippen LogP contribution in [-0.2, 0) is 0 Å². The summed E-state index contributed by atoms with van der Waals surface area (Å²) < 4.78 is 12.9. The summed E-state index contributed by atoms with van der Waals surface area (Å²) in [5, 5.41) is 0. The second-order valence-corrected chi connectivity index (χ2v) is 4.93. The average Bonchev–Trinajstić information content (AvgIpc) is 2.01. The molecule has 0 radical (unpaired) electrons. The molecule has 0 bridgehead atoms. The van der Waals surface area contributed by atoms with Crippen LogP contribution in [0.2, 0.25) is 0 Å². The van der Waals surface area contributed by atoms with Gasteiger partial charge in [0.1, 0.15) is 5.82 Å². The van der Waals surface area contributed by atoms with Gasteiger partial charge in [0.2, 0.25) is 0 Å². The average molecular weight is 195 g/mol. The smallest absolute Gasteiger partial charge is 0.123 e. The Morgan fingerprint density at radius 1 is 1.36 bits per heavy atom. The Kier molecular flexibility index (Phi) is 3.27. The zero-order valence-corrected chi connectivity index (χ0v) is 9.05. The third-order valence-corrected chi connectivity index (χ3v) is 2.11. The molecule has 2 heteroatoms. The second-order valence-electron chi connectivity index (χ2n) is 4.93. The Bertz CT molecular complexity index is 301. The first-order chi connectivity index (χ1) is 6.38. The number of hydrogen-bond donors (Lipinski definition) is 1. The summed E-state index contributed by atoms with van der Waals surface area (Å²) in [5.74, 6) is -0.216. The van der Waals surface area contributed by atoms with Crippen molar-refractivity contribution < 1.29 is 4.39 Å². The Balaban J connectivity index is 2.74. The van der Waals surface area contributed by atoms with Crippen LogP contribution in [0.5, 0.6) is 0 Å². The molecule has 0 amide bonds. The fourth-order valence-electron chi connectivity index (χ4n) is 1.51. The van der Waals surface area contributed by atoms with Crippen molar-refractivity contribution >= 4 is 0 Å². The first kappa shape index (κ1) is 11.2. The molecule has 1 rings (SSSR count). The van der Waals surface area contributed by atoms with Gasteiger partial charge in [-0.15, -0.1) is 0 Å². The van der Waals surface area contributed by atoms with Crippen LogP contribution in [0, 0.1) is 11.2 Å². The predicted octanol–water partition coefficient (Wildman–Crippen LogP) is 3.26. The Morgan fingerprint density at radius 2 is 2.00 bits per heavy atom. The van der Waals surface area contributed by atoms with E-state index in [0.717, 1.165) is 12.0 Å². The molecule has 0 aliphatic heterocycles. The highest BCUT2D eigenvalue weighted by atomic mass is 19.1. The van der Waals surface area contributed by atoms with Crippen molar-refractivity contribution in [3.8, 4) is 0 Å². The van der Waals surface area contributed by atoms with E-state index >= 15 is 0 Å². The van der Waals surface area contributed by atoms with Crippen LogP contribution in [-0.4, -0.2) is 0 Å². The predicted molar refractivity (Wildman–Crippen MR) is 57.4 cm³/mol. The van der Waals surface area contributed by atoms with Crippen LogP contribution >= 0.6 is 0 Å². The molecule has 0 heterocycles. The van der Waals surface area contributed by atoms with Crippen molar-refractivity contribution in [1.82, 2.24) is 0 Å². The lowest BCUT2D eigenvalue weighted by Crippen LogP contribution is -2.18. The van der Waals surface area contributed by atoms with Gasteiger partial charge in [-0.1, -0.05) is 32.9 Å². The van der Waals surface area contributed by atoms with Gasteiger partial charge >= 0.3 is 0 Å². The third kappa shape index (κ3) is 3.46. The van der Waals surface area contributed by atoms with Gasteiger partial charge in [0.15, 0.2) is 0 Å². The van der Waals surface area contributed by atoms with E-state index in [0.29, 0.717) is 0 Å². The second kappa shape index (κ2) is 4.09. The summed E-state index contributed by atoms with van der Waals surface area (Å²) in [5.41, 5.74) is 7.03. The van der Waals surface area contributed by atoms with Crippen molar-refractivity contribution in [3.63, 3.8) is 0 Å². The maximum Gasteiger partial charge on any atom is 0.123 e. The first-order valence-electron chi connectivity index (χ1n) is 4.89. The molecule has 0 unspecified atom stereocenters. The molecule has 1 aromatic carbocycles. The minimum atomic E-state index is -0.216. The lowest BCUT2D eigenvalue weighted by Gasteiger charge is -2.23. The zero-order valence-electron chi connectivity index (χ0n) is 9.05. The number of nitrogens with two attached hydrogens (primary N) is 1. The topological polar surface area (TPSA) is 26.0 Å². The van der Waals surface area contributed by atoms with E-state index in [4.69, 9.17) is 5.73 Å². The van der Waals surface area contributed by atoms with Gasteiger partial charge < -0.3 is 5.73 Å². The van der Waals surface area contributed by atoms with Crippen molar-refractivity contribution in [1.29, 1.82) is 0 Å². The van der Waals surface area contributed by atoms with Gasteiger partial charge in [0.05, 0.1) is 0 Å². The molecule has 2 N–H and O–H groups in total. The highest BCUT2D eigenvalue weighted by molar-refractivity contribution is 5.19. The summed E-state index contributed by atoms with van der Waals surface area (Å²) in [6, 6.07) is 6.45. The van der Waals surface area contributed by atoms with Crippen molar-refractivity contribution in [3.05, 3.63) is 35.6 Å². The quantitative estimate of drug-likeness (QED) is 0.770. The highest BCUT2D eigenvalue weighted by Crippen LogP contribution is 2.27. The molecule has 0 aliphatic carbocycles. The third-order valence-electron chi connectivity index (χ3n) is 2.11. The van der Waals surface area contributed by atoms with Gasteiger partial charge in [-0.05, 0) is 29.5 Å². The number of halogens is 1. The Morgan fingerprint density at radius 3 is 2.50 bits per heavy atom. The van der Waals surface area contributed by atoms with Crippen molar-refractivity contribution in [2.24, 2.45) is 11.1 Å². The fourth-order valence-corrected chi connectivity index (χ4v) is 1.51. The van der Waals surface area contributed by atoms with E-state index in [1.807, 2.05) is 6.07 Å². The minimum absolute atomic E-state index is 0.0781. The molecule has 0 aromatic heterocycles. The molecule has 0 fully saturated rings. The zero-order chi connectivity index (χ0) is 10.8. The Labute approximate surface area is 85.1 Å². The highest BCUT2D eigenvalue weighted by Gasteiger charge is 2.16. The fraction of sp³-hybridized carbons (Fsp3) is 0.500. The number of hydrogen-bond acceptors (Lipinski definition) is 1. The minimum Gasteiger partial charge on any atom is -0.324 e. The van der Waals surface area contributed by atoms with Gasteiger partial charge in [-0.3, -0.25) is 0 Å². The maximum atomic E-state index is 12.9. The van der Waals surface area contributed by atoms with Crippen LogP contribution in [0.3, 0.4) is 0 Å². The van der Waals surface area contributed by atoms with E-state index in [2.05, 4.69) is 20.8 Å². The van der Waals surface area contributed by atoms with Gasteiger partial charge in [0, 0.05) is 6.04 Å². The van der Waals surface area contributed by atoms with Gasteiger partial charge in [0.25, 0.3) is 0 Å². The van der Waals surface area contributed by atoms with Crippen LogP contribution in [0.4, 0.5) is 4.39 Å². The molecule has 0 spiro atoms. The van der Waals surface area contributed by atoms with E-state index in [-0.39, 0.29) is 17.3 Å². The molecule has 1 atom stereocenters. The molecule has 0 aliphatic rings. The summed E-state index contributed by atoms with van der Waals surface area (Å²) in [7, 11) is 0. The monoisotopic (exact) mass is 195 g/mol. The lowest BCUT2D eigenvalue weighted by molar-refractivity contribution is 0.342. The lowest BCUT2D eigenvalue weighted by atomic mass is 9.86. The van der Waals surface area contributed by atoms with Crippen LogP contribution < -0.4 is 5.73 Å². The van der Waals surface area contributed by atoms with Gasteiger partial charge in [-0.25, -0.2) is 4.39 Å². The maximum absolute atomic E-state index is 12.9. The molecule has 1 aromatic rings. The van der Waals surface area contributed by atoms with E-state index in [9.17, 15) is 4.39 Å². The molecular weight excluding hydrogens is 177 g/mol. The normalized spacial score (nSPS) is 14.1. The Hall–Kier alpha value is -0.890. The molecule has 14 heavy (non-hydrogen) atoms. The van der Waals surface area contributed by atoms with E-state index in [1.54, 1.807) is 6.07 Å². The molecule has 0 saturated carbocycles. The van der Waals surface area contributed by atoms with Crippen molar-refractivity contribution in [2.75, 3.05) is 0 Å². The summed E-state index contributed by atoms with van der Waals surface area (Å²) >= 11 is 0. The van der Waals surface area contributed by atoms with E-state index < -0.39 is 0 Å². The summed E-state index contributed by atoms with van der Waals surface area (Å²) in [4.78, 5) is 0. The molecule has 1 nitrogen and oxygen atoms in total. The number of rotatable bonds is 2. The SMILES string of the molecule is CC(C)(C)C[C@@H](N)c1cccc(F)c1. The van der Waals surface area contributed by atoms with Crippen molar-refractivity contribution in [2.45, 2.75) is 33.2 Å². The van der Waals surface area contributed by atoms with Crippen LogP contribution in [0.25, 0.3) is 0 Å². The number of benzene rings is 1. The van der Waals surface area contributed by atoms with Crippen LogP contribution in [0.1, 0.15) is 38.8 Å². The van der Waals surface area contributed by atoms with E-state index in [1.165, 1.54) is 12.1 Å². The summed E-state index contributed by atoms with van der Waals surface area (Å²) in [6.07, 6.45) is 0.858. The standard InChI is InChI=1S/C12H18FN/c1-12(2,3)8-11(14)9-5-4-6-10(13)7-9/h4-7,11H,8,14H2,1-3H3/t11-/m1/s1. The van der Waals surface area contributed by atoms with Crippen LogP contribution in [0.15, 0.2) is 24.3 Å². The summed E-state index contributed by atoms with van der Waals surface area (Å²) in [6.45, 7) is 6.39. The largest absolute Gasteiger partial charge is 0.324 e. The first-order valence-corrected chi connectivity index (χ1v) is 4.89. The molecule has 0 saturated heterocycles. The molecule has 78 valence electrons.